The molecule has 2 aliphatic rings. The van der Waals surface area contributed by atoms with Gasteiger partial charge in [0, 0.05) is 13.0 Å². The summed E-state index contributed by atoms with van der Waals surface area (Å²) in [6.45, 7) is 0.424. The first kappa shape index (κ1) is 10.5. The maximum Gasteiger partial charge on any atom is 0.226 e. The van der Waals surface area contributed by atoms with E-state index in [2.05, 4.69) is 26.8 Å². The van der Waals surface area contributed by atoms with Crippen LogP contribution >= 0.6 is 0 Å². The van der Waals surface area contributed by atoms with Gasteiger partial charge in [0.25, 0.3) is 0 Å². The summed E-state index contributed by atoms with van der Waals surface area (Å²) in [4.78, 5) is 17.9. The largest absolute Gasteiger partial charge is 0.343 e. The number of rotatable bonds is 3. The summed E-state index contributed by atoms with van der Waals surface area (Å²) < 4.78 is 4.66. The van der Waals surface area contributed by atoms with Crippen molar-refractivity contribution in [3.05, 3.63) is 24.4 Å². The van der Waals surface area contributed by atoms with Crippen LogP contribution in [0.4, 0.5) is 0 Å². The highest BCUT2D eigenvalue weighted by Crippen LogP contribution is 2.44. The molecule has 3 rings (SSSR count). The van der Waals surface area contributed by atoms with Gasteiger partial charge in [-0.2, -0.15) is 4.98 Å². The summed E-state index contributed by atoms with van der Waals surface area (Å²) in [5.41, 5.74) is 0. The summed E-state index contributed by atoms with van der Waals surface area (Å²) >= 11 is 0. The van der Waals surface area contributed by atoms with Gasteiger partial charge in [-0.1, -0.05) is 17.3 Å². The number of hydrogen-bond donors (Lipinski definition) is 0. The highest BCUT2D eigenvalue weighted by atomic mass is 16.5. The van der Waals surface area contributed by atoms with Crippen molar-refractivity contribution >= 4 is 5.91 Å². The van der Waals surface area contributed by atoms with Crippen LogP contribution in [0.25, 0.3) is 0 Å². The highest BCUT2D eigenvalue weighted by Gasteiger charge is 2.40. The maximum absolute atomic E-state index is 12.3. The fourth-order valence-corrected chi connectivity index (χ4v) is 2.90. The van der Waals surface area contributed by atoms with E-state index in [4.69, 9.17) is 0 Å². The van der Waals surface area contributed by atoms with Crippen molar-refractivity contribution in [3.63, 3.8) is 0 Å². The third-order valence-corrected chi connectivity index (χ3v) is 3.76. The van der Waals surface area contributed by atoms with Crippen molar-refractivity contribution in [3.8, 4) is 0 Å². The molecule has 1 fully saturated rings. The molecule has 0 N–H and O–H groups in total. The number of nitrogens with zero attached hydrogens (tertiary/aromatic N) is 3. The smallest absolute Gasteiger partial charge is 0.226 e. The molecule has 0 spiro atoms. The van der Waals surface area contributed by atoms with E-state index in [1.165, 1.54) is 6.39 Å². The maximum atomic E-state index is 12.3. The second-order valence-electron chi connectivity index (χ2n) is 4.93. The molecule has 2 bridgehead atoms. The molecule has 1 saturated carbocycles. The SMILES string of the molecule is CN(Cc1ncon1)C(=O)C1CC2C=CC1C2. The average molecular weight is 233 g/mol. The number of fused-ring (bicyclic) bond motifs is 2. The number of allylic oxidation sites excluding steroid dienone is 2. The Bertz CT molecular complexity index is 441. The topological polar surface area (TPSA) is 59.2 Å². The average Bonchev–Trinajstić information content (AvgIpc) is 3.04. The van der Waals surface area contributed by atoms with E-state index < -0.39 is 0 Å². The van der Waals surface area contributed by atoms with E-state index in [1.807, 2.05) is 0 Å². The molecule has 0 aromatic carbocycles. The molecule has 17 heavy (non-hydrogen) atoms. The van der Waals surface area contributed by atoms with Gasteiger partial charge in [-0.15, -0.1) is 0 Å². The Labute approximate surface area is 99.5 Å². The molecular weight excluding hydrogens is 218 g/mol. The van der Waals surface area contributed by atoms with Gasteiger partial charge in [0.1, 0.15) is 0 Å². The first-order chi connectivity index (χ1) is 8.24. The van der Waals surface area contributed by atoms with Crippen molar-refractivity contribution in [1.29, 1.82) is 0 Å². The van der Waals surface area contributed by atoms with E-state index in [1.54, 1.807) is 11.9 Å². The van der Waals surface area contributed by atoms with Gasteiger partial charge in [0.05, 0.1) is 6.54 Å². The zero-order chi connectivity index (χ0) is 11.8. The predicted octanol–water partition coefficient (Wildman–Crippen LogP) is 1.24. The summed E-state index contributed by atoms with van der Waals surface area (Å²) in [5, 5.41) is 3.72. The molecule has 5 heteroatoms. The van der Waals surface area contributed by atoms with E-state index >= 15 is 0 Å². The Morgan fingerprint density at radius 3 is 3.00 bits per heavy atom. The minimum absolute atomic E-state index is 0.155. The number of carbonyl (C=O) groups is 1. The second-order valence-corrected chi connectivity index (χ2v) is 4.93. The van der Waals surface area contributed by atoms with Gasteiger partial charge < -0.3 is 9.42 Å². The van der Waals surface area contributed by atoms with Crippen molar-refractivity contribution < 1.29 is 9.32 Å². The summed E-state index contributed by atoms with van der Waals surface area (Å²) in [7, 11) is 1.80. The molecule has 1 amide bonds. The molecule has 0 radical (unpaired) electrons. The van der Waals surface area contributed by atoms with Crippen LogP contribution in [0.1, 0.15) is 18.7 Å². The highest BCUT2D eigenvalue weighted by molar-refractivity contribution is 5.79. The number of carbonyl (C=O) groups excluding carboxylic acids is 1. The molecule has 5 nitrogen and oxygen atoms in total. The quantitative estimate of drug-likeness (QED) is 0.737. The van der Waals surface area contributed by atoms with Crippen LogP contribution in [0.5, 0.6) is 0 Å². The minimum atomic E-state index is 0.155. The van der Waals surface area contributed by atoms with E-state index in [0.29, 0.717) is 24.2 Å². The molecule has 1 aromatic heterocycles. The number of amides is 1. The van der Waals surface area contributed by atoms with Crippen molar-refractivity contribution in [1.82, 2.24) is 15.0 Å². The van der Waals surface area contributed by atoms with Crippen molar-refractivity contribution in [2.24, 2.45) is 17.8 Å². The fourth-order valence-electron chi connectivity index (χ4n) is 2.90. The van der Waals surface area contributed by atoms with E-state index in [9.17, 15) is 4.79 Å². The van der Waals surface area contributed by atoms with Gasteiger partial charge >= 0.3 is 0 Å². The molecule has 90 valence electrons. The Hall–Kier alpha value is -1.65. The first-order valence-electron chi connectivity index (χ1n) is 5.92. The Morgan fingerprint density at radius 2 is 2.41 bits per heavy atom. The van der Waals surface area contributed by atoms with Crippen LogP contribution in [0, 0.1) is 17.8 Å². The zero-order valence-corrected chi connectivity index (χ0v) is 9.74. The summed E-state index contributed by atoms with van der Waals surface area (Å²) in [5.74, 6) is 1.97. The minimum Gasteiger partial charge on any atom is -0.343 e. The molecule has 1 aromatic rings. The van der Waals surface area contributed by atoms with Gasteiger partial charge in [-0.25, -0.2) is 0 Å². The Balaban J connectivity index is 1.64. The van der Waals surface area contributed by atoms with Crippen LogP contribution in [0.2, 0.25) is 0 Å². The molecule has 0 aliphatic heterocycles. The predicted molar refractivity (Wildman–Crippen MR) is 59.6 cm³/mol. The van der Waals surface area contributed by atoms with Gasteiger partial charge in [0.2, 0.25) is 12.3 Å². The first-order valence-corrected chi connectivity index (χ1v) is 5.92. The van der Waals surface area contributed by atoms with Gasteiger partial charge in [-0.05, 0) is 24.7 Å². The lowest BCUT2D eigenvalue weighted by Crippen LogP contribution is -2.34. The lowest BCUT2D eigenvalue weighted by Gasteiger charge is -2.23. The lowest BCUT2D eigenvalue weighted by atomic mass is 9.92. The van der Waals surface area contributed by atoms with Crippen LogP contribution < -0.4 is 0 Å². The zero-order valence-electron chi connectivity index (χ0n) is 9.74. The Kier molecular flexibility index (Phi) is 2.46. The molecule has 0 saturated heterocycles. The van der Waals surface area contributed by atoms with Gasteiger partial charge in [0.15, 0.2) is 5.82 Å². The van der Waals surface area contributed by atoms with Crippen LogP contribution in [0.15, 0.2) is 23.1 Å². The fraction of sp³-hybridized carbons (Fsp3) is 0.583. The molecule has 3 atom stereocenters. The third kappa shape index (κ3) is 1.85. The normalized spacial score (nSPS) is 29.8. The van der Waals surface area contributed by atoms with Crippen LogP contribution in [-0.2, 0) is 11.3 Å². The van der Waals surface area contributed by atoms with Crippen LogP contribution in [-0.4, -0.2) is 28.0 Å². The third-order valence-electron chi connectivity index (χ3n) is 3.76. The second kappa shape index (κ2) is 3.98. The molecule has 1 heterocycles. The lowest BCUT2D eigenvalue weighted by molar-refractivity contribution is -0.135. The van der Waals surface area contributed by atoms with E-state index in [-0.39, 0.29) is 11.8 Å². The summed E-state index contributed by atoms with van der Waals surface area (Å²) in [6, 6.07) is 0. The summed E-state index contributed by atoms with van der Waals surface area (Å²) in [6.07, 6.45) is 7.86. The monoisotopic (exact) mass is 233 g/mol. The molecular formula is C12H15N3O2. The standard InChI is InChI=1S/C12H15N3O2/c1-15(6-11-13-7-17-14-11)12(16)10-5-8-2-3-9(10)4-8/h2-3,7-10H,4-6H2,1H3. The van der Waals surface area contributed by atoms with E-state index in [0.717, 1.165) is 12.8 Å². The van der Waals surface area contributed by atoms with Gasteiger partial charge in [-0.3, -0.25) is 4.79 Å². The van der Waals surface area contributed by atoms with Crippen LogP contribution in [0.3, 0.4) is 0 Å². The Morgan fingerprint density at radius 1 is 1.53 bits per heavy atom. The van der Waals surface area contributed by atoms with Crippen molar-refractivity contribution in [2.45, 2.75) is 19.4 Å². The number of aromatic nitrogens is 2. The molecule has 3 unspecified atom stereocenters. The number of hydrogen-bond acceptors (Lipinski definition) is 4. The van der Waals surface area contributed by atoms with Crippen molar-refractivity contribution in [2.75, 3.05) is 7.05 Å². The molecule has 2 aliphatic carbocycles.